The van der Waals surface area contributed by atoms with E-state index in [1.807, 2.05) is 0 Å². The molecular formula is C12H12ClLiO5S. The molecule has 3 atom stereocenters. The predicted molar refractivity (Wildman–Crippen MR) is 66.2 cm³/mol. The fourth-order valence-corrected chi connectivity index (χ4v) is 4.67. The standard InChI is InChI=1S/C12H13ClO5S.Li/c13-9-3-1-2-4-11(9)19(17,18)7-5-8(12(15)16)10(14)6-7;/h1-4,7-8,10,14H,5-6H2,(H,15,16);/q;+1/p-1/t7-,8-,10-;/m0./s1. The van der Waals surface area contributed by atoms with Crippen molar-refractivity contribution in [1.29, 1.82) is 0 Å². The first-order chi connectivity index (χ1) is 8.84. The Balaban J connectivity index is 0.00000200. The van der Waals surface area contributed by atoms with Gasteiger partial charge >= 0.3 is 18.9 Å². The normalized spacial score (nSPS) is 26.0. The van der Waals surface area contributed by atoms with Crippen LogP contribution in [0.15, 0.2) is 29.2 Å². The van der Waals surface area contributed by atoms with Crippen molar-refractivity contribution in [3.63, 3.8) is 0 Å². The van der Waals surface area contributed by atoms with Crippen LogP contribution in [0.1, 0.15) is 12.8 Å². The van der Waals surface area contributed by atoms with E-state index < -0.39 is 33.1 Å². The summed E-state index contributed by atoms with van der Waals surface area (Å²) < 4.78 is 24.7. The Morgan fingerprint density at radius 3 is 2.40 bits per heavy atom. The molecule has 0 amide bonds. The fraction of sp³-hybridized carbons (Fsp3) is 0.417. The van der Waals surface area contributed by atoms with Crippen LogP contribution in [-0.2, 0) is 14.6 Å². The number of rotatable bonds is 3. The molecule has 1 aromatic carbocycles. The largest absolute Gasteiger partial charge is 1.00 e. The minimum Gasteiger partial charge on any atom is -0.550 e. The topological polar surface area (TPSA) is 94.5 Å². The van der Waals surface area contributed by atoms with Crippen molar-refractivity contribution in [3.8, 4) is 0 Å². The summed E-state index contributed by atoms with van der Waals surface area (Å²) in [4.78, 5) is 10.8. The van der Waals surface area contributed by atoms with Gasteiger partial charge in [-0.1, -0.05) is 23.7 Å². The van der Waals surface area contributed by atoms with Crippen LogP contribution in [0.2, 0.25) is 5.02 Å². The van der Waals surface area contributed by atoms with Gasteiger partial charge in [0.1, 0.15) is 0 Å². The molecule has 1 saturated carbocycles. The number of aliphatic carboxylic acids is 1. The maximum absolute atomic E-state index is 12.4. The molecule has 2 rings (SSSR count). The summed E-state index contributed by atoms with van der Waals surface area (Å²) in [6.45, 7) is 0. The Hall–Kier alpha value is -0.513. The number of aliphatic hydroxyl groups excluding tert-OH is 1. The molecule has 0 bridgehead atoms. The summed E-state index contributed by atoms with van der Waals surface area (Å²) in [7, 11) is -3.75. The maximum Gasteiger partial charge on any atom is 1.00 e. The number of carboxylic acid groups (broad SMARTS) is 1. The molecule has 0 saturated heterocycles. The van der Waals surface area contributed by atoms with E-state index in [0.717, 1.165) is 0 Å². The van der Waals surface area contributed by atoms with E-state index in [1.54, 1.807) is 12.1 Å². The van der Waals surface area contributed by atoms with Gasteiger partial charge in [0.2, 0.25) is 0 Å². The molecule has 1 fully saturated rings. The predicted octanol–water partition coefficient (Wildman–Crippen LogP) is -2.99. The summed E-state index contributed by atoms with van der Waals surface area (Å²) in [5.74, 6) is -2.58. The number of benzene rings is 1. The molecule has 5 nitrogen and oxygen atoms in total. The monoisotopic (exact) mass is 310 g/mol. The molecule has 8 heteroatoms. The van der Waals surface area contributed by atoms with E-state index in [-0.39, 0.29) is 41.6 Å². The van der Waals surface area contributed by atoms with E-state index >= 15 is 0 Å². The molecule has 0 aliphatic heterocycles. The van der Waals surface area contributed by atoms with Crippen molar-refractivity contribution in [1.82, 2.24) is 0 Å². The summed E-state index contributed by atoms with van der Waals surface area (Å²) >= 11 is 5.85. The van der Waals surface area contributed by atoms with Crippen LogP contribution in [0.3, 0.4) is 0 Å². The SMILES string of the molecule is O=C([O-])[C@H]1C[C@H](S(=O)(=O)c2ccccc2Cl)C[C@@H]1O.[Li+]. The van der Waals surface area contributed by atoms with Crippen molar-refractivity contribution < 1.29 is 42.3 Å². The van der Waals surface area contributed by atoms with E-state index in [4.69, 9.17) is 11.6 Å². The van der Waals surface area contributed by atoms with Gasteiger partial charge in [-0.2, -0.15) is 0 Å². The van der Waals surface area contributed by atoms with Gasteiger partial charge in [-0.25, -0.2) is 8.42 Å². The first-order valence-electron chi connectivity index (χ1n) is 5.71. The number of carboxylic acids is 1. The molecular weight excluding hydrogens is 299 g/mol. The Labute approximate surface area is 134 Å². The minimum absolute atomic E-state index is 0. The zero-order chi connectivity index (χ0) is 14.2. The van der Waals surface area contributed by atoms with Gasteiger partial charge in [-0.15, -0.1) is 0 Å². The van der Waals surface area contributed by atoms with Crippen LogP contribution in [0.25, 0.3) is 0 Å². The third-order valence-electron chi connectivity index (χ3n) is 3.37. The molecule has 0 aromatic heterocycles. The third-order valence-corrected chi connectivity index (χ3v) is 6.04. The number of halogens is 1. The molecule has 1 aliphatic rings. The van der Waals surface area contributed by atoms with Gasteiger partial charge in [0.25, 0.3) is 0 Å². The first-order valence-corrected chi connectivity index (χ1v) is 7.64. The fourth-order valence-electron chi connectivity index (χ4n) is 2.33. The van der Waals surface area contributed by atoms with Crippen LogP contribution < -0.4 is 24.0 Å². The molecule has 0 radical (unpaired) electrons. The van der Waals surface area contributed by atoms with Crippen molar-refractivity contribution in [2.75, 3.05) is 0 Å². The van der Waals surface area contributed by atoms with Gasteiger partial charge < -0.3 is 15.0 Å². The van der Waals surface area contributed by atoms with Gasteiger partial charge in [0, 0.05) is 11.9 Å². The van der Waals surface area contributed by atoms with Gasteiger partial charge in [0.05, 0.1) is 21.3 Å². The van der Waals surface area contributed by atoms with Crippen LogP contribution in [0.5, 0.6) is 0 Å². The Bertz CT molecular complexity index is 604. The number of carbonyl (C=O) groups is 1. The Morgan fingerprint density at radius 1 is 1.30 bits per heavy atom. The van der Waals surface area contributed by atoms with E-state index in [0.29, 0.717) is 0 Å². The number of hydrogen-bond acceptors (Lipinski definition) is 5. The molecule has 1 aliphatic carbocycles. The summed E-state index contributed by atoms with van der Waals surface area (Å²) in [5, 5.41) is 19.5. The summed E-state index contributed by atoms with van der Waals surface area (Å²) in [6, 6.07) is 5.97. The Morgan fingerprint density at radius 2 is 1.90 bits per heavy atom. The first kappa shape index (κ1) is 17.5. The van der Waals surface area contributed by atoms with Gasteiger partial charge in [-0.3, -0.25) is 0 Å². The molecule has 0 unspecified atom stereocenters. The molecule has 0 spiro atoms. The third kappa shape index (κ3) is 3.21. The zero-order valence-electron chi connectivity index (χ0n) is 10.8. The van der Waals surface area contributed by atoms with Crippen LogP contribution in [0.4, 0.5) is 0 Å². The van der Waals surface area contributed by atoms with Crippen LogP contribution in [-0.4, -0.2) is 30.8 Å². The number of carbonyl (C=O) groups excluding carboxylic acids is 1. The molecule has 0 heterocycles. The van der Waals surface area contributed by atoms with Crippen LogP contribution in [0, 0.1) is 5.92 Å². The van der Waals surface area contributed by atoms with Gasteiger partial charge in [0.15, 0.2) is 9.84 Å². The molecule has 1 N–H and O–H groups in total. The molecule has 1 aromatic rings. The van der Waals surface area contributed by atoms with Crippen molar-refractivity contribution in [2.45, 2.75) is 29.1 Å². The van der Waals surface area contributed by atoms with E-state index in [1.165, 1.54) is 12.1 Å². The summed E-state index contributed by atoms with van der Waals surface area (Å²) in [5.41, 5.74) is 0. The summed E-state index contributed by atoms with van der Waals surface area (Å²) in [6.07, 6.45) is -1.48. The van der Waals surface area contributed by atoms with Crippen molar-refractivity contribution in [3.05, 3.63) is 29.3 Å². The smallest absolute Gasteiger partial charge is 0.550 e. The maximum atomic E-state index is 12.4. The molecule has 104 valence electrons. The number of aliphatic hydroxyl groups is 1. The number of sulfone groups is 1. The van der Waals surface area contributed by atoms with Crippen molar-refractivity contribution in [2.24, 2.45) is 5.92 Å². The van der Waals surface area contributed by atoms with Crippen LogP contribution >= 0.6 is 11.6 Å². The van der Waals surface area contributed by atoms with Crippen molar-refractivity contribution >= 4 is 27.4 Å². The average Bonchev–Trinajstić information content (AvgIpc) is 2.72. The minimum atomic E-state index is -3.75. The second-order valence-corrected chi connectivity index (χ2v) is 7.17. The second kappa shape index (κ2) is 6.50. The second-order valence-electron chi connectivity index (χ2n) is 4.56. The number of hydrogen-bond donors (Lipinski definition) is 1. The zero-order valence-corrected chi connectivity index (χ0v) is 12.4. The van der Waals surface area contributed by atoms with E-state index in [9.17, 15) is 23.4 Å². The Kier molecular flexibility index (Phi) is 5.70. The van der Waals surface area contributed by atoms with Gasteiger partial charge in [-0.05, 0) is 25.0 Å². The quantitative estimate of drug-likeness (QED) is 0.601. The average molecular weight is 311 g/mol. The van der Waals surface area contributed by atoms with E-state index in [2.05, 4.69) is 0 Å². The molecule has 20 heavy (non-hydrogen) atoms.